The minimum Gasteiger partial charge on any atom is -0.508 e. The average molecular weight is 406 g/mol. The Labute approximate surface area is 165 Å². The number of hydrogen-bond donors (Lipinski definition) is 7. The molecule has 4 rings (SSSR count). The third-order valence-corrected chi connectivity index (χ3v) is 5.36. The fourth-order valence-electron chi connectivity index (χ4n) is 3.92. The third kappa shape index (κ3) is 3.31. The lowest BCUT2D eigenvalue weighted by molar-refractivity contribution is -0.277. The molecule has 2 aliphatic rings. The molecule has 29 heavy (non-hydrogen) atoms. The predicted molar refractivity (Wildman–Crippen MR) is 98.3 cm³/mol. The first-order valence-electron chi connectivity index (χ1n) is 9.15. The smallest absolute Gasteiger partial charge is 0.229 e. The molecule has 1 heterocycles. The van der Waals surface area contributed by atoms with E-state index in [1.54, 1.807) is 12.1 Å². The second-order valence-corrected chi connectivity index (χ2v) is 7.25. The second-order valence-electron chi connectivity index (χ2n) is 7.25. The minimum atomic E-state index is -1.61. The maximum absolute atomic E-state index is 10.5. The molecule has 0 spiro atoms. The van der Waals surface area contributed by atoms with Crippen molar-refractivity contribution in [3.05, 3.63) is 41.5 Å². The summed E-state index contributed by atoms with van der Waals surface area (Å²) in [6, 6.07) is 7.42. The molecule has 0 aromatic heterocycles. The number of ether oxygens (including phenoxy) is 2. The summed E-state index contributed by atoms with van der Waals surface area (Å²) in [7, 11) is 0. The van der Waals surface area contributed by atoms with Gasteiger partial charge in [-0.15, -0.1) is 0 Å². The molecule has 1 aliphatic carbocycles. The van der Waals surface area contributed by atoms with E-state index in [1.165, 1.54) is 18.2 Å². The van der Waals surface area contributed by atoms with Crippen LogP contribution < -0.4 is 4.74 Å². The molecule has 1 fully saturated rings. The number of aromatic hydroxyl groups is 2. The van der Waals surface area contributed by atoms with E-state index in [4.69, 9.17) is 9.47 Å². The molecule has 0 bridgehead atoms. The van der Waals surface area contributed by atoms with Crippen LogP contribution in [-0.4, -0.2) is 73.1 Å². The standard InChI is InChI=1S/C20H22O9/c21-7-14-17(25)18(26)19(27)20(29-14)28-13-3-1-2-10-11(23)5-8-4-9(22)6-12(24)15(8)16(10)13/h1-4,6,11,14,17-27H,5,7H2/t11-,14-,17-,18+,19-,20-/m1/s1. The molecule has 1 aliphatic heterocycles. The van der Waals surface area contributed by atoms with Crippen LogP contribution in [0.4, 0.5) is 0 Å². The van der Waals surface area contributed by atoms with Crippen molar-refractivity contribution in [2.24, 2.45) is 0 Å². The molecule has 0 unspecified atom stereocenters. The van der Waals surface area contributed by atoms with Crippen molar-refractivity contribution in [2.75, 3.05) is 6.61 Å². The van der Waals surface area contributed by atoms with Crippen LogP contribution in [0, 0.1) is 0 Å². The van der Waals surface area contributed by atoms with Gasteiger partial charge in [0, 0.05) is 23.6 Å². The fourth-order valence-corrected chi connectivity index (χ4v) is 3.92. The van der Waals surface area contributed by atoms with Crippen LogP contribution in [0.5, 0.6) is 17.2 Å². The van der Waals surface area contributed by atoms with Gasteiger partial charge in [-0.1, -0.05) is 12.1 Å². The zero-order chi connectivity index (χ0) is 20.9. The highest BCUT2D eigenvalue weighted by Gasteiger charge is 2.45. The van der Waals surface area contributed by atoms with E-state index in [2.05, 4.69) is 0 Å². The molecule has 6 atom stereocenters. The van der Waals surface area contributed by atoms with Gasteiger partial charge in [-0.05, 0) is 23.3 Å². The van der Waals surface area contributed by atoms with E-state index in [0.717, 1.165) is 0 Å². The Balaban J connectivity index is 1.77. The van der Waals surface area contributed by atoms with Crippen LogP contribution in [0.25, 0.3) is 11.1 Å². The average Bonchev–Trinajstić information content (AvgIpc) is 2.68. The summed E-state index contributed by atoms with van der Waals surface area (Å²) in [5.74, 6) is -0.213. The van der Waals surface area contributed by atoms with Gasteiger partial charge < -0.3 is 45.2 Å². The van der Waals surface area contributed by atoms with E-state index in [9.17, 15) is 35.7 Å². The van der Waals surface area contributed by atoms with Crippen LogP contribution >= 0.6 is 0 Å². The Kier molecular flexibility index (Phi) is 5.11. The Morgan fingerprint density at radius 2 is 1.72 bits per heavy atom. The van der Waals surface area contributed by atoms with Crippen molar-refractivity contribution in [3.8, 4) is 28.4 Å². The van der Waals surface area contributed by atoms with E-state index in [1.807, 2.05) is 0 Å². The summed E-state index contributed by atoms with van der Waals surface area (Å²) in [6.45, 7) is -0.598. The van der Waals surface area contributed by atoms with E-state index < -0.39 is 43.4 Å². The van der Waals surface area contributed by atoms with Crippen molar-refractivity contribution >= 4 is 0 Å². The number of aliphatic hydroxyl groups is 5. The lowest BCUT2D eigenvalue weighted by atomic mass is 9.82. The summed E-state index contributed by atoms with van der Waals surface area (Å²) < 4.78 is 11.2. The van der Waals surface area contributed by atoms with E-state index in [-0.39, 0.29) is 23.7 Å². The van der Waals surface area contributed by atoms with Crippen molar-refractivity contribution in [1.29, 1.82) is 0 Å². The predicted octanol–water partition coefficient (Wildman–Crippen LogP) is -0.467. The molecule has 9 heteroatoms. The Bertz CT molecular complexity index is 913. The Hall–Kier alpha value is -2.40. The molecule has 156 valence electrons. The number of fused-ring (bicyclic) bond motifs is 3. The zero-order valence-electron chi connectivity index (χ0n) is 15.2. The van der Waals surface area contributed by atoms with Gasteiger partial charge in [0.05, 0.1) is 12.7 Å². The highest BCUT2D eigenvalue weighted by molar-refractivity contribution is 5.84. The van der Waals surface area contributed by atoms with Crippen molar-refractivity contribution in [2.45, 2.75) is 43.2 Å². The SMILES string of the molecule is OC[C@H]1O[C@@H](Oc2cccc3c2-c2c(O)cc(O)cc2C[C@H]3O)[C@H](O)[C@@H](O)[C@@H]1O. The highest BCUT2D eigenvalue weighted by Crippen LogP contribution is 2.49. The number of phenolic OH excluding ortho intramolecular Hbond substituents is 2. The molecule has 9 nitrogen and oxygen atoms in total. The summed E-state index contributed by atoms with van der Waals surface area (Å²) in [4.78, 5) is 0. The van der Waals surface area contributed by atoms with E-state index in [0.29, 0.717) is 22.3 Å². The van der Waals surface area contributed by atoms with Gasteiger partial charge in [0.15, 0.2) is 0 Å². The first-order valence-corrected chi connectivity index (χ1v) is 9.15. The van der Waals surface area contributed by atoms with E-state index >= 15 is 0 Å². The van der Waals surface area contributed by atoms with Crippen LogP contribution in [0.1, 0.15) is 17.2 Å². The lowest BCUT2D eigenvalue weighted by Gasteiger charge is -2.40. The molecule has 2 aromatic rings. The Morgan fingerprint density at radius 1 is 0.966 bits per heavy atom. The first-order chi connectivity index (χ1) is 13.8. The van der Waals surface area contributed by atoms with Gasteiger partial charge in [-0.3, -0.25) is 0 Å². The number of hydrogen-bond acceptors (Lipinski definition) is 9. The van der Waals surface area contributed by atoms with Crippen molar-refractivity contribution in [1.82, 2.24) is 0 Å². The van der Waals surface area contributed by atoms with Gasteiger partial charge in [-0.25, -0.2) is 0 Å². The monoisotopic (exact) mass is 406 g/mol. The fraction of sp³-hybridized carbons (Fsp3) is 0.400. The second kappa shape index (κ2) is 7.45. The number of benzene rings is 2. The summed E-state index contributed by atoms with van der Waals surface area (Å²) in [6.07, 6.45) is -8.03. The maximum atomic E-state index is 10.5. The largest absolute Gasteiger partial charge is 0.508 e. The molecule has 0 radical (unpaired) electrons. The number of rotatable bonds is 3. The van der Waals surface area contributed by atoms with Crippen LogP contribution in [0.3, 0.4) is 0 Å². The molecule has 0 amide bonds. The van der Waals surface area contributed by atoms with Gasteiger partial charge in [-0.2, -0.15) is 0 Å². The summed E-state index contributed by atoms with van der Waals surface area (Å²) in [5.41, 5.74) is 1.70. The van der Waals surface area contributed by atoms with Gasteiger partial charge in [0.1, 0.15) is 41.7 Å². The van der Waals surface area contributed by atoms with Crippen molar-refractivity contribution < 1.29 is 45.2 Å². The molecule has 1 saturated heterocycles. The van der Waals surface area contributed by atoms with Crippen LogP contribution in [0.15, 0.2) is 30.3 Å². The van der Waals surface area contributed by atoms with Gasteiger partial charge >= 0.3 is 0 Å². The first kappa shape index (κ1) is 19.9. The summed E-state index contributed by atoms with van der Waals surface area (Å²) in [5, 5.41) is 70.2. The molecule has 0 saturated carbocycles. The minimum absolute atomic E-state index is 0.146. The Morgan fingerprint density at radius 3 is 2.45 bits per heavy atom. The quantitative estimate of drug-likeness (QED) is 0.358. The molecule has 2 aromatic carbocycles. The third-order valence-electron chi connectivity index (χ3n) is 5.36. The maximum Gasteiger partial charge on any atom is 0.229 e. The molecular weight excluding hydrogens is 384 g/mol. The number of aliphatic hydroxyl groups excluding tert-OH is 5. The highest BCUT2D eigenvalue weighted by atomic mass is 16.7. The van der Waals surface area contributed by atoms with Gasteiger partial charge in [0.2, 0.25) is 6.29 Å². The van der Waals surface area contributed by atoms with Crippen LogP contribution in [0.2, 0.25) is 0 Å². The molecular formula is C20H22O9. The van der Waals surface area contributed by atoms with Crippen molar-refractivity contribution in [3.63, 3.8) is 0 Å². The normalized spacial score (nSPS) is 31.1. The summed E-state index contributed by atoms with van der Waals surface area (Å²) >= 11 is 0. The lowest BCUT2D eigenvalue weighted by Crippen LogP contribution is -2.60. The zero-order valence-corrected chi connectivity index (χ0v) is 15.2. The van der Waals surface area contributed by atoms with Gasteiger partial charge in [0.25, 0.3) is 0 Å². The number of phenols is 2. The molecule has 7 N–H and O–H groups in total. The topological polar surface area (TPSA) is 160 Å². The van der Waals surface area contributed by atoms with Crippen LogP contribution in [-0.2, 0) is 11.2 Å².